The molecule has 5 nitrogen and oxygen atoms in total. The first kappa shape index (κ1) is 14.7. The summed E-state index contributed by atoms with van der Waals surface area (Å²) in [7, 11) is 0. The zero-order valence-corrected chi connectivity index (χ0v) is 13.4. The summed E-state index contributed by atoms with van der Waals surface area (Å²) < 4.78 is 11.7. The minimum Gasteiger partial charge on any atom is -0.454 e. The number of amides is 1. The van der Waals surface area contributed by atoms with E-state index in [4.69, 9.17) is 9.47 Å². The van der Waals surface area contributed by atoms with Crippen LogP contribution in [0.5, 0.6) is 11.5 Å². The van der Waals surface area contributed by atoms with E-state index in [0.717, 1.165) is 47.5 Å². The fourth-order valence-corrected chi connectivity index (χ4v) is 3.12. The Morgan fingerprint density at radius 2 is 1.90 bits per heavy atom. The van der Waals surface area contributed by atoms with Gasteiger partial charge in [-0.15, -0.1) is 0 Å². The van der Waals surface area contributed by atoms with Crippen LogP contribution in [0.2, 0.25) is 0 Å². The van der Waals surface area contributed by atoms with E-state index >= 15 is 0 Å². The third-order valence-corrected chi connectivity index (χ3v) is 4.58. The zero-order chi connectivity index (χ0) is 14.7. The predicted octanol–water partition coefficient (Wildman–Crippen LogP) is 2.28. The van der Waals surface area contributed by atoms with Gasteiger partial charge < -0.3 is 19.7 Å². The smallest absolute Gasteiger partial charge is 0.236 e. The Labute approximate surface area is 132 Å². The fourth-order valence-electron chi connectivity index (χ4n) is 2.65. The van der Waals surface area contributed by atoms with Crippen molar-refractivity contribution in [3.8, 4) is 11.5 Å². The van der Waals surface area contributed by atoms with Crippen LogP contribution in [0.15, 0.2) is 16.6 Å². The Kier molecular flexibility index (Phi) is 4.65. The van der Waals surface area contributed by atoms with Crippen molar-refractivity contribution < 1.29 is 14.3 Å². The molecule has 1 fully saturated rings. The van der Waals surface area contributed by atoms with Gasteiger partial charge in [0.1, 0.15) is 0 Å². The third kappa shape index (κ3) is 3.49. The van der Waals surface area contributed by atoms with E-state index in [9.17, 15) is 4.79 Å². The van der Waals surface area contributed by atoms with Crippen LogP contribution in [0.3, 0.4) is 0 Å². The number of fused-ring (bicyclic) bond motifs is 1. The summed E-state index contributed by atoms with van der Waals surface area (Å²) in [6, 6.07) is 3.86. The van der Waals surface area contributed by atoms with Crippen molar-refractivity contribution in [1.29, 1.82) is 0 Å². The van der Waals surface area contributed by atoms with Gasteiger partial charge in [-0.25, -0.2) is 0 Å². The van der Waals surface area contributed by atoms with Gasteiger partial charge in [0.15, 0.2) is 11.5 Å². The molecule has 114 valence electrons. The summed E-state index contributed by atoms with van der Waals surface area (Å²) in [4.78, 5) is 14.0. The van der Waals surface area contributed by atoms with E-state index in [1.54, 1.807) is 0 Å². The number of hydrogen-bond donors (Lipinski definition) is 1. The quantitative estimate of drug-likeness (QED) is 0.901. The number of nitrogens with one attached hydrogen (secondary N) is 1. The number of hydrogen-bond acceptors (Lipinski definition) is 4. The molecule has 0 aromatic heterocycles. The lowest BCUT2D eigenvalue weighted by atomic mass is 10.1. The van der Waals surface area contributed by atoms with Gasteiger partial charge in [-0.05, 0) is 37.0 Å². The molecule has 1 amide bonds. The number of ether oxygens (including phenoxy) is 2. The van der Waals surface area contributed by atoms with Crippen LogP contribution in [0.25, 0.3) is 0 Å². The van der Waals surface area contributed by atoms with Crippen LogP contribution in [0, 0.1) is 0 Å². The van der Waals surface area contributed by atoms with Crippen LogP contribution in [-0.2, 0) is 11.3 Å². The molecule has 2 aliphatic rings. The molecule has 0 spiro atoms. The minimum absolute atomic E-state index is 0.187. The first-order valence-corrected chi connectivity index (χ1v) is 8.10. The number of carbonyl (C=O) groups excluding carboxylic acids is 1. The van der Waals surface area contributed by atoms with E-state index in [-0.39, 0.29) is 12.7 Å². The average molecular weight is 355 g/mol. The Hall–Kier alpha value is -1.27. The van der Waals surface area contributed by atoms with Crippen LogP contribution < -0.4 is 14.8 Å². The number of rotatable bonds is 4. The van der Waals surface area contributed by atoms with E-state index in [0.29, 0.717) is 13.1 Å². The number of halogens is 1. The van der Waals surface area contributed by atoms with Crippen molar-refractivity contribution in [1.82, 2.24) is 10.2 Å². The molecule has 0 atom stereocenters. The maximum Gasteiger partial charge on any atom is 0.236 e. The summed E-state index contributed by atoms with van der Waals surface area (Å²) >= 11 is 3.52. The van der Waals surface area contributed by atoms with E-state index in [2.05, 4.69) is 21.2 Å². The molecule has 1 aromatic rings. The Morgan fingerprint density at radius 3 is 2.67 bits per heavy atom. The zero-order valence-electron chi connectivity index (χ0n) is 11.9. The second-order valence-corrected chi connectivity index (χ2v) is 6.20. The number of piperidine rings is 1. The van der Waals surface area contributed by atoms with Crippen molar-refractivity contribution >= 4 is 21.8 Å². The van der Waals surface area contributed by atoms with Gasteiger partial charge in [0.05, 0.1) is 6.54 Å². The molecule has 0 unspecified atom stereocenters. The van der Waals surface area contributed by atoms with Gasteiger partial charge in [0.2, 0.25) is 12.7 Å². The normalized spacial score (nSPS) is 17.1. The first-order valence-electron chi connectivity index (χ1n) is 7.30. The number of benzene rings is 1. The SMILES string of the molecule is O=C(CNCc1cc2c(cc1Br)OCO2)N1CCCCC1. The van der Waals surface area contributed by atoms with Crippen LogP contribution >= 0.6 is 15.9 Å². The lowest BCUT2D eigenvalue weighted by Gasteiger charge is -2.26. The molecule has 6 heteroatoms. The molecule has 0 bridgehead atoms. The van der Waals surface area contributed by atoms with Crippen molar-refractivity contribution in [2.45, 2.75) is 25.8 Å². The molecule has 2 heterocycles. The first-order chi connectivity index (χ1) is 10.2. The van der Waals surface area contributed by atoms with Crippen LogP contribution in [-0.4, -0.2) is 37.2 Å². The lowest BCUT2D eigenvalue weighted by Crippen LogP contribution is -2.40. The lowest BCUT2D eigenvalue weighted by molar-refractivity contribution is -0.131. The minimum atomic E-state index is 0.187. The summed E-state index contributed by atoms with van der Waals surface area (Å²) in [5, 5.41) is 3.21. The highest BCUT2D eigenvalue weighted by atomic mass is 79.9. The van der Waals surface area contributed by atoms with Crippen molar-refractivity contribution in [3.63, 3.8) is 0 Å². The molecule has 0 radical (unpaired) electrons. The topological polar surface area (TPSA) is 50.8 Å². The van der Waals surface area contributed by atoms with E-state index < -0.39 is 0 Å². The highest BCUT2D eigenvalue weighted by molar-refractivity contribution is 9.10. The Balaban J connectivity index is 1.52. The molecule has 1 N–H and O–H groups in total. The predicted molar refractivity (Wildman–Crippen MR) is 82.4 cm³/mol. The third-order valence-electron chi connectivity index (χ3n) is 3.84. The molecule has 2 aliphatic heterocycles. The van der Waals surface area contributed by atoms with Gasteiger partial charge in [0.25, 0.3) is 0 Å². The Morgan fingerprint density at radius 1 is 1.19 bits per heavy atom. The largest absolute Gasteiger partial charge is 0.454 e. The average Bonchev–Trinajstić information content (AvgIpc) is 2.95. The molecule has 3 rings (SSSR count). The van der Waals surface area contributed by atoms with Gasteiger partial charge in [-0.3, -0.25) is 4.79 Å². The second-order valence-electron chi connectivity index (χ2n) is 5.34. The van der Waals surface area contributed by atoms with Crippen molar-refractivity contribution in [2.75, 3.05) is 26.4 Å². The molecule has 0 saturated carbocycles. The maximum absolute atomic E-state index is 12.1. The molecule has 21 heavy (non-hydrogen) atoms. The van der Waals surface area contributed by atoms with Gasteiger partial charge in [-0.1, -0.05) is 15.9 Å². The highest BCUT2D eigenvalue weighted by Crippen LogP contribution is 2.36. The molecular formula is C15H19BrN2O3. The molecule has 1 aromatic carbocycles. The summed E-state index contributed by atoms with van der Waals surface area (Å²) in [5.74, 6) is 1.71. The number of nitrogens with zero attached hydrogens (tertiary/aromatic N) is 1. The number of carbonyl (C=O) groups is 1. The van der Waals surface area contributed by atoms with E-state index in [1.807, 2.05) is 17.0 Å². The molecular weight excluding hydrogens is 336 g/mol. The summed E-state index contributed by atoms with van der Waals surface area (Å²) in [6.07, 6.45) is 3.49. The van der Waals surface area contributed by atoms with E-state index in [1.165, 1.54) is 6.42 Å². The van der Waals surface area contributed by atoms with Gasteiger partial charge in [0, 0.05) is 24.1 Å². The summed E-state index contributed by atoms with van der Waals surface area (Å²) in [5.41, 5.74) is 1.06. The van der Waals surface area contributed by atoms with Gasteiger partial charge in [-0.2, -0.15) is 0 Å². The number of likely N-dealkylation sites (tertiary alicyclic amines) is 1. The highest BCUT2D eigenvalue weighted by Gasteiger charge is 2.18. The van der Waals surface area contributed by atoms with Crippen molar-refractivity contribution in [3.05, 3.63) is 22.2 Å². The second kappa shape index (κ2) is 6.66. The fraction of sp³-hybridized carbons (Fsp3) is 0.533. The molecule has 0 aliphatic carbocycles. The van der Waals surface area contributed by atoms with Crippen LogP contribution in [0.1, 0.15) is 24.8 Å². The summed E-state index contributed by atoms with van der Waals surface area (Å²) in [6.45, 7) is 3.06. The van der Waals surface area contributed by atoms with Crippen LogP contribution in [0.4, 0.5) is 0 Å². The van der Waals surface area contributed by atoms with Gasteiger partial charge >= 0.3 is 0 Å². The monoisotopic (exact) mass is 354 g/mol. The molecule has 1 saturated heterocycles. The van der Waals surface area contributed by atoms with Crippen molar-refractivity contribution in [2.24, 2.45) is 0 Å². The maximum atomic E-state index is 12.1. The standard InChI is InChI=1S/C15H19BrN2O3/c16-12-7-14-13(20-10-21-14)6-11(12)8-17-9-15(19)18-4-2-1-3-5-18/h6-7,17H,1-5,8-10H2. The Bertz CT molecular complexity index is 530.